The van der Waals surface area contributed by atoms with E-state index in [9.17, 15) is 9.18 Å². The maximum absolute atomic E-state index is 12.6. The molecule has 1 rings (SSSR count). The number of carbonyl (C=O) groups excluding carboxylic acids is 1. The van der Waals surface area contributed by atoms with Crippen LogP contribution in [0.4, 0.5) is 4.39 Å². The molecule has 0 bridgehead atoms. The van der Waals surface area contributed by atoms with Crippen molar-refractivity contribution >= 4 is 5.91 Å². The van der Waals surface area contributed by atoms with Crippen LogP contribution in [0, 0.1) is 11.7 Å². The summed E-state index contributed by atoms with van der Waals surface area (Å²) in [6.45, 7) is 0.289. The third-order valence-corrected chi connectivity index (χ3v) is 2.30. The summed E-state index contributed by atoms with van der Waals surface area (Å²) in [6, 6.07) is 6.10. The maximum Gasteiger partial charge on any atom is 0.224 e. The monoisotopic (exact) mass is 210 g/mol. The van der Waals surface area contributed by atoms with Crippen molar-refractivity contribution in [2.45, 2.75) is 6.42 Å². The van der Waals surface area contributed by atoms with Crippen LogP contribution in [0.3, 0.4) is 0 Å². The number of nitrogens with one attached hydrogen (secondary N) is 1. The second kappa shape index (κ2) is 5.46. The third kappa shape index (κ3) is 3.32. The van der Waals surface area contributed by atoms with E-state index in [4.69, 9.17) is 5.73 Å². The molecular formula is C11H15FN2O. The smallest absolute Gasteiger partial charge is 0.224 e. The summed E-state index contributed by atoms with van der Waals surface area (Å²) < 4.78 is 12.6. The highest BCUT2D eigenvalue weighted by atomic mass is 19.1. The van der Waals surface area contributed by atoms with E-state index in [1.54, 1.807) is 19.2 Å². The van der Waals surface area contributed by atoms with Gasteiger partial charge in [-0.3, -0.25) is 4.79 Å². The van der Waals surface area contributed by atoms with Crippen LogP contribution in [-0.2, 0) is 11.2 Å². The van der Waals surface area contributed by atoms with Crippen molar-refractivity contribution in [1.29, 1.82) is 0 Å². The van der Waals surface area contributed by atoms with Crippen LogP contribution >= 0.6 is 0 Å². The Bertz CT molecular complexity index is 324. The molecule has 82 valence electrons. The van der Waals surface area contributed by atoms with Gasteiger partial charge in [-0.2, -0.15) is 0 Å². The fourth-order valence-corrected chi connectivity index (χ4v) is 1.39. The van der Waals surface area contributed by atoms with Gasteiger partial charge in [0.05, 0.1) is 5.92 Å². The maximum atomic E-state index is 12.6. The average Bonchev–Trinajstić information content (AvgIpc) is 2.27. The highest BCUT2D eigenvalue weighted by Crippen LogP contribution is 2.09. The number of halogens is 1. The summed E-state index contributed by atoms with van der Waals surface area (Å²) in [5, 5.41) is 2.55. The first-order chi connectivity index (χ1) is 7.17. The molecule has 15 heavy (non-hydrogen) atoms. The van der Waals surface area contributed by atoms with Crippen LogP contribution in [0.5, 0.6) is 0 Å². The molecule has 0 fully saturated rings. The van der Waals surface area contributed by atoms with Gasteiger partial charge in [0.25, 0.3) is 0 Å². The average molecular weight is 210 g/mol. The van der Waals surface area contributed by atoms with Gasteiger partial charge in [0.2, 0.25) is 5.91 Å². The number of benzene rings is 1. The van der Waals surface area contributed by atoms with Gasteiger partial charge >= 0.3 is 0 Å². The van der Waals surface area contributed by atoms with Gasteiger partial charge in [0.15, 0.2) is 0 Å². The fourth-order valence-electron chi connectivity index (χ4n) is 1.39. The van der Waals surface area contributed by atoms with Gasteiger partial charge < -0.3 is 11.1 Å². The molecule has 3 nitrogen and oxygen atoms in total. The Labute approximate surface area is 88.5 Å². The van der Waals surface area contributed by atoms with Crippen molar-refractivity contribution in [3.05, 3.63) is 35.6 Å². The van der Waals surface area contributed by atoms with Crippen LogP contribution in [0.25, 0.3) is 0 Å². The Morgan fingerprint density at radius 1 is 1.47 bits per heavy atom. The second-order valence-electron chi connectivity index (χ2n) is 3.38. The SMILES string of the molecule is CNC(=O)C(CN)Cc1ccc(F)cc1. The van der Waals surface area contributed by atoms with E-state index in [0.29, 0.717) is 6.42 Å². The molecule has 1 aromatic rings. The minimum absolute atomic E-state index is 0.0816. The van der Waals surface area contributed by atoms with Crippen LogP contribution < -0.4 is 11.1 Å². The molecule has 0 heterocycles. The van der Waals surface area contributed by atoms with E-state index in [1.807, 2.05) is 0 Å². The summed E-state index contributed by atoms with van der Waals surface area (Å²) >= 11 is 0. The molecule has 0 aliphatic carbocycles. The predicted octanol–water partition coefficient (Wildman–Crippen LogP) is 0.689. The highest BCUT2D eigenvalue weighted by molar-refractivity contribution is 5.78. The first-order valence-corrected chi connectivity index (χ1v) is 4.83. The van der Waals surface area contributed by atoms with Crippen molar-refractivity contribution in [3.8, 4) is 0 Å². The lowest BCUT2D eigenvalue weighted by Crippen LogP contribution is -2.34. The molecule has 0 spiro atoms. The summed E-state index contributed by atoms with van der Waals surface area (Å²) in [4.78, 5) is 11.3. The molecule has 1 aromatic carbocycles. The van der Waals surface area contributed by atoms with Gasteiger partial charge in [-0.05, 0) is 24.1 Å². The van der Waals surface area contributed by atoms with Gasteiger partial charge in [0.1, 0.15) is 5.82 Å². The van der Waals surface area contributed by atoms with Gasteiger partial charge in [-0.1, -0.05) is 12.1 Å². The normalized spacial score (nSPS) is 12.2. The first kappa shape index (κ1) is 11.7. The Balaban J connectivity index is 2.66. The topological polar surface area (TPSA) is 55.1 Å². The molecule has 0 aliphatic rings. The van der Waals surface area contributed by atoms with Gasteiger partial charge in [0, 0.05) is 13.6 Å². The molecule has 0 saturated heterocycles. The Morgan fingerprint density at radius 3 is 2.53 bits per heavy atom. The minimum Gasteiger partial charge on any atom is -0.359 e. The number of rotatable bonds is 4. The lowest BCUT2D eigenvalue weighted by molar-refractivity contribution is -0.124. The summed E-state index contributed by atoms with van der Waals surface area (Å²) in [7, 11) is 1.58. The Kier molecular flexibility index (Phi) is 4.24. The standard InChI is InChI=1S/C11H15FN2O/c1-14-11(15)9(7-13)6-8-2-4-10(12)5-3-8/h2-5,9H,6-7,13H2,1H3,(H,14,15). The zero-order valence-electron chi connectivity index (χ0n) is 8.66. The van der Waals surface area contributed by atoms with Gasteiger partial charge in [-0.15, -0.1) is 0 Å². The van der Waals surface area contributed by atoms with E-state index >= 15 is 0 Å². The number of amides is 1. The van der Waals surface area contributed by atoms with Gasteiger partial charge in [-0.25, -0.2) is 4.39 Å². The van der Waals surface area contributed by atoms with Crippen molar-refractivity contribution in [3.63, 3.8) is 0 Å². The lowest BCUT2D eigenvalue weighted by Gasteiger charge is -2.12. The second-order valence-corrected chi connectivity index (χ2v) is 3.38. The predicted molar refractivity (Wildman–Crippen MR) is 56.7 cm³/mol. The van der Waals surface area contributed by atoms with E-state index in [1.165, 1.54) is 12.1 Å². The molecule has 4 heteroatoms. The molecule has 1 amide bonds. The van der Waals surface area contributed by atoms with Crippen molar-refractivity contribution < 1.29 is 9.18 Å². The molecule has 3 N–H and O–H groups in total. The van der Waals surface area contributed by atoms with Crippen molar-refractivity contribution in [1.82, 2.24) is 5.32 Å². The fraction of sp³-hybridized carbons (Fsp3) is 0.364. The summed E-state index contributed by atoms with van der Waals surface area (Å²) in [6.07, 6.45) is 0.538. The molecule has 1 atom stereocenters. The van der Waals surface area contributed by atoms with Crippen molar-refractivity contribution in [2.24, 2.45) is 11.7 Å². The molecule has 0 saturated carbocycles. The summed E-state index contributed by atoms with van der Waals surface area (Å²) in [5.74, 6) is -0.606. The number of nitrogens with two attached hydrogens (primary N) is 1. The zero-order valence-corrected chi connectivity index (χ0v) is 8.66. The summed E-state index contributed by atoms with van der Waals surface area (Å²) in [5.41, 5.74) is 6.40. The molecule has 1 unspecified atom stereocenters. The lowest BCUT2D eigenvalue weighted by atomic mass is 9.99. The van der Waals surface area contributed by atoms with E-state index in [-0.39, 0.29) is 24.2 Å². The van der Waals surface area contributed by atoms with Crippen LogP contribution in [-0.4, -0.2) is 19.5 Å². The third-order valence-electron chi connectivity index (χ3n) is 2.30. The molecule has 0 radical (unpaired) electrons. The molecule has 0 aromatic heterocycles. The first-order valence-electron chi connectivity index (χ1n) is 4.83. The van der Waals surface area contributed by atoms with Crippen LogP contribution in [0.15, 0.2) is 24.3 Å². The number of hydrogen-bond acceptors (Lipinski definition) is 2. The number of carbonyl (C=O) groups is 1. The zero-order chi connectivity index (χ0) is 11.3. The minimum atomic E-state index is -0.275. The molecule has 0 aliphatic heterocycles. The van der Waals surface area contributed by atoms with Crippen LogP contribution in [0.2, 0.25) is 0 Å². The van der Waals surface area contributed by atoms with E-state index < -0.39 is 0 Å². The van der Waals surface area contributed by atoms with Crippen LogP contribution in [0.1, 0.15) is 5.56 Å². The Hall–Kier alpha value is -1.42. The van der Waals surface area contributed by atoms with E-state index in [0.717, 1.165) is 5.56 Å². The largest absolute Gasteiger partial charge is 0.359 e. The number of hydrogen-bond donors (Lipinski definition) is 2. The Morgan fingerprint density at radius 2 is 2.07 bits per heavy atom. The molecular weight excluding hydrogens is 195 g/mol. The quantitative estimate of drug-likeness (QED) is 0.768. The van der Waals surface area contributed by atoms with Crippen molar-refractivity contribution in [2.75, 3.05) is 13.6 Å². The van der Waals surface area contributed by atoms with E-state index in [2.05, 4.69) is 5.32 Å². The highest BCUT2D eigenvalue weighted by Gasteiger charge is 2.15.